The van der Waals surface area contributed by atoms with Crippen molar-refractivity contribution in [3.05, 3.63) is 24.3 Å². The third-order valence-corrected chi connectivity index (χ3v) is 7.21. The van der Waals surface area contributed by atoms with Gasteiger partial charge in [-0.05, 0) is 74.6 Å². The average Bonchev–Trinajstić information content (AvgIpc) is 2.90. The SMILES string of the molecule is Cn1c(O)c(N=NC(=S)NC(=O)C23CC4CC(CC(C4)C2)C3)c2ccccc21. The van der Waals surface area contributed by atoms with Crippen molar-refractivity contribution in [1.29, 1.82) is 0 Å². The molecule has 7 heteroatoms. The zero-order chi connectivity index (χ0) is 19.5. The first-order valence-corrected chi connectivity index (χ1v) is 10.4. The molecule has 4 saturated carbocycles. The molecule has 2 N–H and O–H groups in total. The van der Waals surface area contributed by atoms with Gasteiger partial charge in [-0.25, -0.2) is 0 Å². The number of benzene rings is 1. The first-order valence-electron chi connectivity index (χ1n) is 9.99. The molecule has 6 rings (SSSR count). The molecule has 0 spiro atoms. The molecule has 2 aromatic rings. The Hall–Kier alpha value is -2.28. The van der Waals surface area contributed by atoms with Crippen molar-refractivity contribution < 1.29 is 9.90 Å². The summed E-state index contributed by atoms with van der Waals surface area (Å²) in [6.45, 7) is 0. The third-order valence-electron chi connectivity index (χ3n) is 7.03. The fraction of sp³-hybridized carbons (Fsp3) is 0.524. The number of azo groups is 1. The number of thiocarbonyl (C=S) groups is 1. The van der Waals surface area contributed by atoms with Crippen molar-refractivity contribution in [2.75, 3.05) is 0 Å². The molecule has 0 radical (unpaired) electrons. The van der Waals surface area contributed by atoms with Crippen LogP contribution in [0, 0.1) is 23.2 Å². The summed E-state index contributed by atoms with van der Waals surface area (Å²) in [6, 6.07) is 7.56. The van der Waals surface area contributed by atoms with Crippen LogP contribution in [0.25, 0.3) is 10.9 Å². The molecule has 1 aromatic carbocycles. The number of para-hydroxylation sites is 1. The number of aromatic hydroxyl groups is 1. The smallest absolute Gasteiger partial charge is 0.232 e. The Labute approximate surface area is 169 Å². The lowest BCUT2D eigenvalue weighted by atomic mass is 9.49. The molecule has 1 heterocycles. The summed E-state index contributed by atoms with van der Waals surface area (Å²) in [5.74, 6) is 2.12. The summed E-state index contributed by atoms with van der Waals surface area (Å²) in [5, 5.41) is 22.2. The number of aromatic nitrogens is 1. The van der Waals surface area contributed by atoms with Crippen molar-refractivity contribution in [1.82, 2.24) is 9.88 Å². The Kier molecular flexibility index (Phi) is 4.05. The molecule has 4 bridgehead atoms. The molecular formula is C21H24N4O2S. The zero-order valence-corrected chi connectivity index (χ0v) is 16.7. The summed E-state index contributed by atoms with van der Waals surface area (Å²) in [5.41, 5.74) is 0.956. The minimum Gasteiger partial charge on any atom is -0.493 e. The van der Waals surface area contributed by atoms with Crippen LogP contribution in [0.3, 0.4) is 0 Å². The number of hydrogen-bond donors (Lipinski definition) is 2. The number of carbonyl (C=O) groups is 1. The Morgan fingerprint density at radius 3 is 2.43 bits per heavy atom. The van der Waals surface area contributed by atoms with Crippen molar-refractivity contribution in [3.8, 4) is 5.88 Å². The van der Waals surface area contributed by atoms with E-state index in [1.165, 1.54) is 19.3 Å². The van der Waals surface area contributed by atoms with Crippen molar-refractivity contribution in [2.45, 2.75) is 38.5 Å². The fourth-order valence-corrected chi connectivity index (χ4v) is 6.33. The highest BCUT2D eigenvalue weighted by Gasteiger charge is 2.54. The van der Waals surface area contributed by atoms with Gasteiger partial charge in [-0.2, -0.15) is 0 Å². The summed E-state index contributed by atoms with van der Waals surface area (Å²) in [7, 11) is 1.77. The first-order chi connectivity index (χ1) is 13.4. The van der Waals surface area contributed by atoms with Crippen LogP contribution in [0.2, 0.25) is 0 Å². The highest BCUT2D eigenvalue weighted by atomic mass is 32.1. The van der Waals surface area contributed by atoms with Gasteiger partial charge in [-0.1, -0.05) is 18.2 Å². The van der Waals surface area contributed by atoms with Crippen LogP contribution in [0.15, 0.2) is 34.5 Å². The fourth-order valence-electron chi connectivity index (χ4n) is 6.20. The molecule has 4 aliphatic carbocycles. The number of nitrogens with one attached hydrogen (secondary N) is 1. The summed E-state index contributed by atoms with van der Waals surface area (Å²) in [6.07, 6.45) is 6.81. The predicted octanol–water partition coefficient (Wildman–Crippen LogP) is 4.59. The molecule has 0 atom stereocenters. The van der Waals surface area contributed by atoms with E-state index in [0.717, 1.165) is 30.2 Å². The van der Waals surface area contributed by atoms with Crippen LogP contribution in [-0.2, 0) is 11.8 Å². The molecule has 146 valence electrons. The van der Waals surface area contributed by atoms with Gasteiger partial charge < -0.3 is 9.67 Å². The number of hydrogen-bond acceptors (Lipinski definition) is 4. The van der Waals surface area contributed by atoms with E-state index in [9.17, 15) is 9.90 Å². The molecule has 4 fully saturated rings. The van der Waals surface area contributed by atoms with Crippen LogP contribution in [0.4, 0.5) is 5.69 Å². The van der Waals surface area contributed by atoms with Crippen LogP contribution in [0.5, 0.6) is 5.88 Å². The van der Waals surface area contributed by atoms with E-state index in [1.54, 1.807) is 11.6 Å². The molecule has 0 unspecified atom stereocenters. The lowest BCUT2D eigenvalue weighted by Crippen LogP contribution is -2.54. The zero-order valence-electron chi connectivity index (χ0n) is 15.9. The van der Waals surface area contributed by atoms with Crippen molar-refractivity contribution >= 4 is 39.8 Å². The molecule has 0 saturated heterocycles. The minimum atomic E-state index is -0.268. The highest BCUT2D eigenvalue weighted by Crippen LogP contribution is 2.60. The number of carbonyl (C=O) groups excluding carboxylic acids is 1. The molecule has 4 aliphatic rings. The maximum Gasteiger partial charge on any atom is 0.232 e. The number of rotatable bonds is 2. The van der Waals surface area contributed by atoms with Gasteiger partial charge in [0.05, 0.1) is 10.9 Å². The molecule has 28 heavy (non-hydrogen) atoms. The second kappa shape index (κ2) is 6.37. The van der Waals surface area contributed by atoms with Crippen LogP contribution >= 0.6 is 12.2 Å². The number of nitrogens with zero attached hydrogens (tertiary/aromatic N) is 3. The van der Waals surface area contributed by atoms with Gasteiger partial charge in [0, 0.05) is 12.4 Å². The number of amides is 1. The molecule has 6 nitrogen and oxygen atoms in total. The van der Waals surface area contributed by atoms with Gasteiger partial charge in [-0.3, -0.25) is 10.1 Å². The van der Waals surface area contributed by atoms with E-state index in [0.29, 0.717) is 23.4 Å². The Morgan fingerprint density at radius 2 is 1.79 bits per heavy atom. The molecular weight excluding hydrogens is 372 g/mol. The van der Waals surface area contributed by atoms with E-state index < -0.39 is 0 Å². The van der Waals surface area contributed by atoms with Crippen molar-refractivity contribution in [2.24, 2.45) is 40.4 Å². The monoisotopic (exact) mass is 396 g/mol. The van der Waals surface area contributed by atoms with Gasteiger partial charge in [0.2, 0.25) is 16.9 Å². The quantitative estimate of drug-likeness (QED) is 0.576. The topological polar surface area (TPSA) is 79.0 Å². The highest BCUT2D eigenvalue weighted by molar-refractivity contribution is 7.80. The van der Waals surface area contributed by atoms with E-state index in [1.807, 2.05) is 24.3 Å². The lowest BCUT2D eigenvalue weighted by molar-refractivity contribution is -0.144. The van der Waals surface area contributed by atoms with Gasteiger partial charge >= 0.3 is 0 Å². The van der Waals surface area contributed by atoms with E-state index in [-0.39, 0.29) is 22.3 Å². The minimum absolute atomic E-state index is 0.0118. The van der Waals surface area contributed by atoms with Gasteiger partial charge in [-0.15, -0.1) is 10.2 Å². The second-order valence-corrected chi connectivity index (χ2v) is 9.29. The average molecular weight is 397 g/mol. The van der Waals surface area contributed by atoms with Crippen LogP contribution in [-0.4, -0.2) is 20.7 Å². The number of aryl methyl sites for hydroxylation is 1. The maximum atomic E-state index is 13.0. The Morgan fingerprint density at radius 1 is 1.18 bits per heavy atom. The molecule has 0 aliphatic heterocycles. The largest absolute Gasteiger partial charge is 0.493 e. The molecule has 1 aromatic heterocycles. The predicted molar refractivity (Wildman–Crippen MR) is 110 cm³/mol. The van der Waals surface area contributed by atoms with Gasteiger partial charge in [0.25, 0.3) is 0 Å². The summed E-state index contributed by atoms with van der Waals surface area (Å²) < 4.78 is 1.65. The number of fused-ring (bicyclic) bond motifs is 1. The van der Waals surface area contributed by atoms with E-state index in [2.05, 4.69) is 15.5 Å². The van der Waals surface area contributed by atoms with Crippen LogP contribution < -0.4 is 5.32 Å². The van der Waals surface area contributed by atoms with E-state index >= 15 is 0 Å². The standard InChI is InChI=1S/C21H24N4O2S/c1-25-16-5-3-2-4-15(16)17(18(25)26)23-24-20(28)22-19(27)21-9-12-6-13(10-21)8-14(7-12)11-21/h2-5,12-14,26H,6-11H2,1H3,(H,22,27,28). The molecule has 1 amide bonds. The lowest BCUT2D eigenvalue weighted by Gasteiger charge is -2.55. The van der Waals surface area contributed by atoms with Gasteiger partial charge in [0.1, 0.15) is 0 Å². The second-order valence-electron chi connectivity index (χ2n) is 8.91. The first kappa shape index (κ1) is 17.8. The van der Waals surface area contributed by atoms with Gasteiger partial charge in [0.15, 0.2) is 5.69 Å². The maximum absolute atomic E-state index is 13.0. The Bertz CT molecular complexity index is 974. The Balaban J connectivity index is 1.33. The third kappa shape index (κ3) is 2.75. The van der Waals surface area contributed by atoms with E-state index in [4.69, 9.17) is 12.2 Å². The summed E-state index contributed by atoms with van der Waals surface area (Å²) >= 11 is 5.28. The van der Waals surface area contributed by atoms with Crippen molar-refractivity contribution in [3.63, 3.8) is 0 Å². The normalized spacial score (nSPS) is 31.0. The summed E-state index contributed by atoms with van der Waals surface area (Å²) in [4.78, 5) is 13.0. The van der Waals surface area contributed by atoms with Crippen LogP contribution in [0.1, 0.15) is 38.5 Å².